The molecule has 0 bridgehead atoms. The molecule has 7 nitrogen and oxygen atoms in total. The maximum absolute atomic E-state index is 13.9. The first-order valence-corrected chi connectivity index (χ1v) is 11.9. The van der Waals surface area contributed by atoms with Crippen LogP contribution in [-0.2, 0) is 0 Å². The van der Waals surface area contributed by atoms with E-state index in [0.29, 0.717) is 25.6 Å². The lowest BCUT2D eigenvalue weighted by atomic mass is 9.95. The lowest BCUT2D eigenvalue weighted by molar-refractivity contribution is 0.364. The number of para-hydroxylation sites is 2. The fraction of sp³-hybridized carbons (Fsp3) is 0.440. The smallest absolute Gasteiger partial charge is 0.160 e. The lowest BCUT2D eigenvalue weighted by Gasteiger charge is -2.25. The average Bonchev–Trinajstić information content (AvgIpc) is 3.45. The first kappa shape index (κ1) is 20.3. The highest BCUT2D eigenvalue weighted by atomic mass is 19.1. The Bertz CT molecular complexity index is 1310. The largest absolute Gasteiger partial charge is 0.367 e. The normalized spacial score (nSPS) is 19.6. The average molecular weight is 446 g/mol. The second-order valence-corrected chi connectivity index (χ2v) is 9.26. The molecule has 0 amide bonds. The van der Waals surface area contributed by atoms with Gasteiger partial charge in [0.15, 0.2) is 5.65 Å². The van der Waals surface area contributed by atoms with Crippen LogP contribution in [0.3, 0.4) is 0 Å². The van der Waals surface area contributed by atoms with Gasteiger partial charge >= 0.3 is 0 Å². The van der Waals surface area contributed by atoms with E-state index in [1.54, 1.807) is 0 Å². The van der Waals surface area contributed by atoms with E-state index in [-0.39, 0.29) is 0 Å². The van der Waals surface area contributed by atoms with Crippen LogP contribution >= 0.6 is 0 Å². The molecule has 1 aliphatic heterocycles. The standard InChI is InChI=1S/C25H28FN7/c1-16-25(29-20-10-6-5-9-19(20)27-16)21-13-23-30-22(32-12-11-17(26)15-32)14-24(33(23)31-21)28-18-7-3-2-4-8-18/h5-6,9-10,13-14,17-18,28H,2-4,7-8,11-12,15H2,1H3. The van der Waals surface area contributed by atoms with Crippen molar-refractivity contribution in [1.82, 2.24) is 24.6 Å². The predicted octanol–water partition coefficient (Wildman–Crippen LogP) is 4.94. The number of hydrogen-bond donors (Lipinski definition) is 1. The van der Waals surface area contributed by atoms with Crippen LogP contribution < -0.4 is 10.2 Å². The number of alkyl halides is 1. The van der Waals surface area contributed by atoms with Crippen molar-refractivity contribution >= 4 is 28.3 Å². The number of halogens is 1. The molecule has 8 heteroatoms. The summed E-state index contributed by atoms with van der Waals surface area (Å²) in [7, 11) is 0. The topological polar surface area (TPSA) is 71.2 Å². The van der Waals surface area contributed by atoms with Gasteiger partial charge in [0.1, 0.15) is 29.2 Å². The van der Waals surface area contributed by atoms with Gasteiger partial charge in [0.05, 0.1) is 23.3 Å². The third kappa shape index (κ3) is 3.87. The summed E-state index contributed by atoms with van der Waals surface area (Å²) in [6.45, 7) is 3.04. The van der Waals surface area contributed by atoms with Crippen LogP contribution in [0.4, 0.5) is 16.0 Å². The van der Waals surface area contributed by atoms with E-state index in [2.05, 4.69) is 5.32 Å². The molecule has 0 radical (unpaired) electrons. The van der Waals surface area contributed by atoms with E-state index >= 15 is 0 Å². The summed E-state index contributed by atoms with van der Waals surface area (Å²) in [5, 5.41) is 8.61. The van der Waals surface area contributed by atoms with Gasteiger partial charge in [-0.25, -0.2) is 19.3 Å². The number of benzene rings is 1. The van der Waals surface area contributed by atoms with Gasteiger partial charge in [0.25, 0.3) is 0 Å². The number of nitrogens with zero attached hydrogens (tertiary/aromatic N) is 6. The van der Waals surface area contributed by atoms with E-state index in [0.717, 1.165) is 58.2 Å². The summed E-state index contributed by atoms with van der Waals surface area (Å²) in [6, 6.07) is 12.3. The van der Waals surface area contributed by atoms with Crippen molar-refractivity contribution in [3.05, 3.63) is 42.1 Å². The fourth-order valence-electron chi connectivity index (χ4n) is 5.05. The first-order chi connectivity index (χ1) is 16.1. The maximum Gasteiger partial charge on any atom is 0.160 e. The van der Waals surface area contributed by atoms with E-state index in [1.807, 2.05) is 52.7 Å². The van der Waals surface area contributed by atoms with Crippen LogP contribution in [0.1, 0.15) is 44.2 Å². The number of anilines is 2. The Labute approximate surface area is 192 Å². The fourth-order valence-corrected chi connectivity index (χ4v) is 5.05. The minimum absolute atomic E-state index is 0.391. The zero-order valence-electron chi connectivity index (χ0n) is 18.8. The summed E-state index contributed by atoms with van der Waals surface area (Å²) < 4.78 is 15.8. The lowest BCUT2D eigenvalue weighted by Crippen LogP contribution is -2.25. The maximum atomic E-state index is 13.9. The highest BCUT2D eigenvalue weighted by Gasteiger charge is 2.25. The molecule has 6 rings (SSSR count). The number of nitrogens with one attached hydrogen (secondary N) is 1. The number of rotatable bonds is 4. The van der Waals surface area contributed by atoms with Crippen molar-refractivity contribution in [3.8, 4) is 11.4 Å². The minimum atomic E-state index is -0.797. The summed E-state index contributed by atoms with van der Waals surface area (Å²) in [5.74, 6) is 1.70. The Morgan fingerprint density at radius 1 is 0.970 bits per heavy atom. The Hall–Kier alpha value is -3.29. The first-order valence-electron chi connectivity index (χ1n) is 11.9. The molecule has 1 aliphatic carbocycles. The second-order valence-electron chi connectivity index (χ2n) is 9.26. The molecule has 170 valence electrons. The zero-order valence-corrected chi connectivity index (χ0v) is 18.8. The third-order valence-electron chi connectivity index (χ3n) is 6.81. The van der Waals surface area contributed by atoms with E-state index in [4.69, 9.17) is 20.1 Å². The molecular weight excluding hydrogens is 417 g/mol. The summed E-state index contributed by atoms with van der Waals surface area (Å²) in [5.41, 5.74) is 4.78. The van der Waals surface area contributed by atoms with Crippen LogP contribution in [-0.4, -0.2) is 49.9 Å². The molecule has 4 heterocycles. The van der Waals surface area contributed by atoms with Crippen molar-refractivity contribution in [2.45, 2.75) is 57.7 Å². The summed E-state index contributed by atoms with van der Waals surface area (Å²) in [4.78, 5) is 16.5. The molecule has 1 N–H and O–H groups in total. The van der Waals surface area contributed by atoms with Gasteiger partial charge in [0.2, 0.25) is 0 Å². The van der Waals surface area contributed by atoms with Crippen LogP contribution in [0.25, 0.3) is 28.1 Å². The molecular formula is C25H28FN7. The van der Waals surface area contributed by atoms with Crippen LogP contribution in [0.2, 0.25) is 0 Å². The van der Waals surface area contributed by atoms with Crippen molar-refractivity contribution < 1.29 is 4.39 Å². The molecule has 4 aromatic rings. The molecule has 2 fully saturated rings. The number of aromatic nitrogens is 5. The van der Waals surface area contributed by atoms with Crippen molar-refractivity contribution in [2.75, 3.05) is 23.3 Å². The molecule has 33 heavy (non-hydrogen) atoms. The molecule has 3 aromatic heterocycles. The van der Waals surface area contributed by atoms with Gasteiger partial charge in [-0.05, 0) is 38.3 Å². The van der Waals surface area contributed by atoms with Gasteiger partial charge in [-0.2, -0.15) is 9.61 Å². The summed E-state index contributed by atoms with van der Waals surface area (Å²) in [6.07, 6.45) is 5.84. The Balaban J connectivity index is 1.45. The van der Waals surface area contributed by atoms with Crippen molar-refractivity contribution in [2.24, 2.45) is 0 Å². The molecule has 0 spiro atoms. The van der Waals surface area contributed by atoms with Gasteiger partial charge in [-0.3, -0.25) is 0 Å². The number of hydrogen-bond acceptors (Lipinski definition) is 6. The Kier molecular flexibility index (Phi) is 5.08. The number of aryl methyl sites for hydroxylation is 1. The molecule has 1 saturated heterocycles. The zero-order chi connectivity index (χ0) is 22.4. The molecule has 1 atom stereocenters. The van der Waals surface area contributed by atoms with E-state index < -0.39 is 6.17 Å². The predicted molar refractivity (Wildman–Crippen MR) is 128 cm³/mol. The Morgan fingerprint density at radius 3 is 2.52 bits per heavy atom. The van der Waals surface area contributed by atoms with Crippen LogP contribution in [0.15, 0.2) is 36.4 Å². The molecule has 1 aromatic carbocycles. The highest BCUT2D eigenvalue weighted by molar-refractivity contribution is 5.78. The van der Waals surface area contributed by atoms with Gasteiger partial charge in [0, 0.05) is 24.7 Å². The van der Waals surface area contributed by atoms with Gasteiger partial charge in [-0.1, -0.05) is 31.4 Å². The van der Waals surface area contributed by atoms with E-state index in [1.165, 1.54) is 19.3 Å². The van der Waals surface area contributed by atoms with E-state index in [9.17, 15) is 4.39 Å². The summed E-state index contributed by atoms with van der Waals surface area (Å²) >= 11 is 0. The molecule has 2 aliphatic rings. The quantitative estimate of drug-likeness (QED) is 0.480. The SMILES string of the molecule is Cc1nc2ccccc2nc1-c1cc2nc(N3CCC(F)C3)cc(NC3CCCCC3)n2n1. The second kappa shape index (κ2) is 8.24. The van der Waals surface area contributed by atoms with Crippen LogP contribution in [0, 0.1) is 6.92 Å². The van der Waals surface area contributed by atoms with Crippen molar-refractivity contribution in [1.29, 1.82) is 0 Å². The van der Waals surface area contributed by atoms with Crippen molar-refractivity contribution in [3.63, 3.8) is 0 Å². The minimum Gasteiger partial charge on any atom is -0.367 e. The number of fused-ring (bicyclic) bond motifs is 2. The van der Waals surface area contributed by atoms with Gasteiger partial charge < -0.3 is 10.2 Å². The third-order valence-corrected chi connectivity index (χ3v) is 6.81. The Morgan fingerprint density at radius 2 is 1.76 bits per heavy atom. The monoisotopic (exact) mass is 445 g/mol. The van der Waals surface area contributed by atoms with Crippen LogP contribution in [0.5, 0.6) is 0 Å². The molecule has 1 saturated carbocycles. The highest BCUT2D eigenvalue weighted by Crippen LogP contribution is 2.30. The van der Waals surface area contributed by atoms with Gasteiger partial charge in [-0.15, -0.1) is 0 Å². The molecule has 1 unspecified atom stereocenters.